The summed E-state index contributed by atoms with van der Waals surface area (Å²) < 4.78 is 26.3. The third-order valence-corrected chi connectivity index (χ3v) is 3.04. The van der Waals surface area contributed by atoms with E-state index in [1.165, 1.54) is 0 Å². The van der Waals surface area contributed by atoms with E-state index in [-0.39, 0.29) is 56.7 Å². The van der Waals surface area contributed by atoms with Crippen molar-refractivity contribution in [2.75, 3.05) is 39.6 Å². The quantitative estimate of drug-likeness (QED) is 0.0764. The minimum Gasteiger partial charge on any atom is -0.867 e. The van der Waals surface area contributed by atoms with Crippen LogP contribution in [0.25, 0.3) is 0 Å². The van der Waals surface area contributed by atoms with Crippen molar-refractivity contribution in [3.63, 3.8) is 0 Å². The molecule has 0 aliphatic rings. The van der Waals surface area contributed by atoms with Gasteiger partial charge in [-0.2, -0.15) is 0 Å². The molecule has 0 aromatic carbocycles. The van der Waals surface area contributed by atoms with E-state index in [9.17, 15) is 44.1 Å². The minimum absolute atomic E-state index is 0. The molecule has 0 aromatic rings. The normalized spacial score (nSPS) is 10.5. The van der Waals surface area contributed by atoms with Gasteiger partial charge in [0.2, 0.25) is 0 Å². The second-order valence-electron chi connectivity index (χ2n) is 5.94. The van der Waals surface area contributed by atoms with Gasteiger partial charge < -0.3 is 43.7 Å². The summed E-state index contributed by atoms with van der Waals surface area (Å²) in [6.45, 7) is 10.3. The van der Waals surface area contributed by atoms with E-state index in [0.717, 1.165) is 0 Å². The van der Waals surface area contributed by atoms with Crippen molar-refractivity contribution in [3.8, 4) is 0 Å². The molecule has 0 N–H and O–H groups in total. The fourth-order valence-electron chi connectivity index (χ4n) is 1.66. The molecule has 0 rings (SSSR count). The molecule has 0 atom stereocenters. The van der Waals surface area contributed by atoms with E-state index < -0.39 is 53.1 Å². The number of rotatable bonds is 12. The van der Waals surface area contributed by atoms with Crippen LogP contribution in [0.5, 0.6) is 0 Å². The molecule has 0 bridgehead atoms. The SMILES string of the molecule is CCOC(=O)/C=C(\[O-])C(=O)OCC.CCOC(=O)/C=C(\[O-])C(=O)OCC.CCOC(=O)/C=C(\[O-])C(=O)OCC.[Fe+3]. The molecule has 0 aliphatic heterocycles. The summed E-state index contributed by atoms with van der Waals surface area (Å²) >= 11 is 0. The standard InChI is InChI=1S/3C8H12O5.Fe/c3*1-3-12-7(10)5-6(9)8(11)13-4-2;/h3*5,9H,3-4H2,1-2H3;/q;;;+3/p-3/b3*6-5-;. The van der Waals surface area contributed by atoms with E-state index >= 15 is 0 Å². The van der Waals surface area contributed by atoms with E-state index in [0.29, 0.717) is 18.2 Å². The Morgan fingerprint density at radius 2 is 0.600 bits per heavy atom. The van der Waals surface area contributed by atoms with Crippen LogP contribution in [0.3, 0.4) is 0 Å². The number of ether oxygens (including phenoxy) is 6. The molecule has 15 nitrogen and oxygen atoms in total. The summed E-state index contributed by atoms with van der Waals surface area (Å²) in [7, 11) is 0. The van der Waals surface area contributed by atoms with Crippen molar-refractivity contribution in [1.29, 1.82) is 0 Å². The molecule has 0 amide bonds. The molecule has 40 heavy (non-hydrogen) atoms. The van der Waals surface area contributed by atoms with E-state index in [1.54, 1.807) is 41.5 Å². The van der Waals surface area contributed by atoms with Crippen molar-refractivity contribution < 1.29 is 89.6 Å². The molecule has 0 saturated carbocycles. The molecule has 0 spiro atoms. The van der Waals surface area contributed by atoms with Gasteiger partial charge in [0.25, 0.3) is 0 Å². The van der Waals surface area contributed by atoms with Crippen LogP contribution >= 0.6 is 0 Å². The maximum atomic E-state index is 10.8. The second kappa shape index (κ2) is 28.0. The first-order valence-electron chi connectivity index (χ1n) is 11.5. The minimum atomic E-state index is -1.05. The Hall–Kier alpha value is -4.04. The predicted octanol–water partition coefficient (Wildman–Crippen LogP) is -1.93. The third kappa shape index (κ3) is 25.6. The van der Waals surface area contributed by atoms with Crippen molar-refractivity contribution in [1.82, 2.24) is 0 Å². The maximum Gasteiger partial charge on any atom is 3.00 e. The molecular weight excluding hydrogens is 584 g/mol. The number of esters is 6. The van der Waals surface area contributed by atoms with Crippen molar-refractivity contribution in [2.24, 2.45) is 0 Å². The van der Waals surface area contributed by atoms with E-state index in [4.69, 9.17) is 0 Å². The predicted molar refractivity (Wildman–Crippen MR) is 124 cm³/mol. The number of hydrogen-bond donors (Lipinski definition) is 0. The van der Waals surface area contributed by atoms with E-state index in [1.807, 2.05) is 0 Å². The first kappa shape index (κ1) is 43.0. The van der Waals surface area contributed by atoms with Gasteiger partial charge in [0.15, 0.2) is 0 Å². The van der Waals surface area contributed by atoms with Crippen molar-refractivity contribution in [2.45, 2.75) is 41.5 Å². The van der Waals surface area contributed by atoms with Gasteiger partial charge in [-0.25, -0.2) is 28.8 Å². The summed E-state index contributed by atoms with van der Waals surface area (Å²) in [6, 6.07) is 0. The Labute approximate surface area is 242 Å². The van der Waals surface area contributed by atoms with Gasteiger partial charge in [-0.15, -0.1) is 0 Å². The largest absolute Gasteiger partial charge is 3.00 e. The number of carbonyl (C=O) groups is 6. The van der Waals surface area contributed by atoms with Crippen LogP contribution in [0.15, 0.2) is 35.5 Å². The number of carbonyl (C=O) groups excluding carboxylic acids is 6. The molecule has 0 saturated heterocycles. The van der Waals surface area contributed by atoms with Crippen LogP contribution in [0.1, 0.15) is 41.5 Å². The average Bonchev–Trinajstić information content (AvgIpc) is 2.85. The molecule has 0 aliphatic carbocycles. The van der Waals surface area contributed by atoms with Gasteiger partial charge in [0, 0.05) is 18.2 Å². The first-order valence-corrected chi connectivity index (χ1v) is 11.5. The Bertz CT molecular complexity index is 777. The first-order chi connectivity index (χ1) is 18.3. The van der Waals surface area contributed by atoms with Gasteiger partial charge in [-0.3, -0.25) is 0 Å². The van der Waals surface area contributed by atoms with Gasteiger partial charge in [-0.1, -0.05) is 0 Å². The van der Waals surface area contributed by atoms with Crippen LogP contribution in [0.4, 0.5) is 0 Å². The Balaban J connectivity index is -0.000000240. The molecule has 0 unspecified atom stereocenters. The van der Waals surface area contributed by atoms with Crippen LogP contribution in [0, 0.1) is 0 Å². The van der Waals surface area contributed by atoms with Gasteiger partial charge in [0.05, 0.1) is 39.6 Å². The topological polar surface area (TPSA) is 227 Å². The molecule has 0 heterocycles. The van der Waals surface area contributed by atoms with Crippen LogP contribution in [0.2, 0.25) is 0 Å². The summed E-state index contributed by atoms with van der Waals surface area (Å²) in [5, 5.41) is 32.4. The molecule has 227 valence electrons. The fourth-order valence-corrected chi connectivity index (χ4v) is 1.66. The zero-order valence-corrected chi connectivity index (χ0v) is 24.1. The Morgan fingerprint density at radius 1 is 0.425 bits per heavy atom. The van der Waals surface area contributed by atoms with Crippen LogP contribution in [-0.2, 0) is 74.3 Å². The molecular formula is C24H33FeO15. The Morgan fingerprint density at radius 3 is 0.750 bits per heavy atom. The van der Waals surface area contributed by atoms with Gasteiger partial charge >= 0.3 is 52.9 Å². The molecule has 1 radical (unpaired) electrons. The third-order valence-electron chi connectivity index (χ3n) is 3.04. The smallest absolute Gasteiger partial charge is 0.867 e. The van der Waals surface area contributed by atoms with Gasteiger partial charge in [-0.05, 0) is 58.8 Å². The fraction of sp³-hybridized carbons (Fsp3) is 0.500. The van der Waals surface area contributed by atoms with Crippen LogP contribution < -0.4 is 15.3 Å². The van der Waals surface area contributed by atoms with Gasteiger partial charge in [0.1, 0.15) is 0 Å². The summed E-state index contributed by atoms with van der Waals surface area (Å²) in [5.41, 5.74) is 0. The molecule has 0 fully saturated rings. The summed E-state index contributed by atoms with van der Waals surface area (Å²) in [6.07, 6.45) is 1.71. The Kier molecular flexibility index (Phi) is 30.1. The zero-order chi connectivity index (χ0) is 30.8. The molecule has 16 heteroatoms. The summed E-state index contributed by atoms with van der Waals surface area (Å²) in [4.78, 5) is 64.0. The van der Waals surface area contributed by atoms with Crippen LogP contribution in [-0.4, -0.2) is 75.5 Å². The van der Waals surface area contributed by atoms with Crippen molar-refractivity contribution in [3.05, 3.63) is 35.5 Å². The maximum absolute atomic E-state index is 10.8. The van der Waals surface area contributed by atoms with Crippen molar-refractivity contribution >= 4 is 35.8 Å². The monoisotopic (exact) mass is 617 g/mol. The average molecular weight is 617 g/mol. The summed E-state index contributed by atoms with van der Waals surface area (Å²) in [5.74, 6) is -8.63. The van der Waals surface area contributed by atoms with E-state index in [2.05, 4.69) is 28.4 Å². The second-order valence-corrected chi connectivity index (χ2v) is 5.94. The number of hydrogen-bond acceptors (Lipinski definition) is 15. The molecule has 0 aromatic heterocycles. The zero-order valence-electron chi connectivity index (χ0n) is 23.0.